The molecule has 6 nitrogen and oxygen atoms in total. The van der Waals surface area contributed by atoms with Crippen LogP contribution < -0.4 is 5.32 Å². The number of anilines is 1. The number of imidazole rings is 2. The van der Waals surface area contributed by atoms with Crippen molar-refractivity contribution in [2.24, 2.45) is 0 Å². The Morgan fingerprint density at radius 2 is 1.76 bits per heavy atom. The molecule has 0 aliphatic heterocycles. The van der Waals surface area contributed by atoms with E-state index in [9.17, 15) is 4.79 Å². The monoisotopic (exact) mass is 333 g/mol. The first-order valence-corrected chi connectivity index (χ1v) is 8.36. The van der Waals surface area contributed by atoms with E-state index in [4.69, 9.17) is 0 Å². The van der Waals surface area contributed by atoms with Crippen LogP contribution in [0.5, 0.6) is 0 Å². The van der Waals surface area contributed by atoms with E-state index in [-0.39, 0.29) is 5.91 Å². The molecular formula is C19H19N5O. The Balaban J connectivity index is 1.66. The smallest absolute Gasteiger partial charge is 0.249 e. The predicted molar refractivity (Wildman–Crippen MR) is 98.5 cm³/mol. The van der Waals surface area contributed by atoms with Crippen molar-refractivity contribution >= 4 is 33.9 Å². The van der Waals surface area contributed by atoms with Gasteiger partial charge in [0, 0.05) is 6.54 Å². The molecule has 0 bridgehead atoms. The van der Waals surface area contributed by atoms with Gasteiger partial charge in [-0.15, -0.1) is 0 Å². The van der Waals surface area contributed by atoms with Crippen molar-refractivity contribution < 1.29 is 4.79 Å². The van der Waals surface area contributed by atoms with Crippen LogP contribution in [0.25, 0.3) is 22.1 Å². The van der Waals surface area contributed by atoms with Crippen LogP contribution >= 0.6 is 0 Å². The van der Waals surface area contributed by atoms with Crippen LogP contribution in [-0.2, 0) is 11.3 Å². The molecule has 1 amide bonds. The molecule has 0 fully saturated rings. The van der Waals surface area contributed by atoms with Crippen LogP contribution in [-0.4, -0.2) is 25.0 Å². The number of nitrogens with one attached hydrogen (secondary N) is 1. The fraction of sp³-hybridized carbons (Fsp3) is 0.211. The second-order valence-electron chi connectivity index (χ2n) is 5.97. The molecular weight excluding hydrogens is 314 g/mol. The summed E-state index contributed by atoms with van der Waals surface area (Å²) in [6.07, 6.45) is 1.71. The van der Waals surface area contributed by atoms with Gasteiger partial charge in [0.25, 0.3) is 0 Å². The van der Waals surface area contributed by atoms with Crippen molar-refractivity contribution in [2.75, 3.05) is 5.32 Å². The number of hydrogen-bond acceptors (Lipinski definition) is 3. The number of para-hydroxylation sites is 4. The van der Waals surface area contributed by atoms with Gasteiger partial charge in [0.1, 0.15) is 6.04 Å². The van der Waals surface area contributed by atoms with Gasteiger partial charge in [-0.05, 0) is 38.1 Å². The topological polar surface area (TPSA) is 64.7 Å². The molecule has 0 saturated heterocycles. The second-order valence-corrected chi connectivity index (χ2v) is 5.97. The summed E-state index contributed by atoms with van der Waals surface area (Å²) in [5.41, 5.74) is 3.71. The van der Waals surface area contributed by atoms with Crippen LogP contribution in [0.3, 0.4) is 0 Å². The molecule has 0 aliphatic carbocycles. The van der Waals surface area contributed by atoms with E-state index in [1.165, 1.54) is 0 Å². The standard InChI is InChI=1S/C19H19N5O/c1-3-23-17-11-7-5-9-15(17)21-19(23)22-18(25)13(2)24-12-20-14-8-4-6-10-16(14)24/h4-13H,3H2,1-2H3,(H,21,22,25)/t13-/m0/s1. The highest BCUT2D eigenvalue weighted by atomic mass is 16.2. The number of fused-ring (bicyclic) bond motifs is 2. The zero-order valence-electron chi connectivity index (χ0n) is 14.2. The molecule has 1 atom stereocenters. The van der Waals surface area contributed by atoms with Crippen molar-refractivity contribution in [1.29, 1.82) is 0 Å². The normalized spacial score (nSPS) is 12.6. The first-order valence-electron chi connectivity index (χ1n) is 8.36. The Bertz CT molecular complexity index is 1060. The third kappa shape index (κ3) is 2.55. The lowest BCUT2D eigenvalue weighted by molar-refractivity contribution is -0.118. The van der Waals surface area contributed by atoms with E-state index in [1.54, 1.807) is 6.33 Å². The van der Waals surface area contributed by atoms with Gasteiger partial charge < -0.3 is 9.13 Å². The van der Waals surface area contributed by atoms with Gasteiger partial charge >= 0.3 is 0 Å². The molecule has 2 heterocycles. The number of aromatic nitrogens is 4. The summed E-state index contributed by atoms with van der Waals surface area (Å²) in [5, 5.41) is 2.97. The largest absolute Gasteiger partial charge is 0.318 e. The zero-order chi connectivity index (χ0) is 17.4. The molecule has 0 saturated carbocycles. The molecule has 2 aromatic carbocycles. The van der Waals surface area contributed by atoms with Crippen LogP contribution in [0.4, 0.5) is 5.95 Å². The Morgan fingerprint density at radius 3 is 2.52 bits per heavy atom. The molecule has 0 aliphatic rings. The maximum Gasteiger partial charge on any atom is 0.249 e. The molecule has 126 valence electrons. The van der Waals surface area contributed by atoms with Crippen molar-refractivity contribution in [3.63, 3.8) is 0 Å². The highest BCUT2D eigenvalue weighted by Crippen LogP contribution is 2.22. The van der Waals surface area contributed by atoms with Crippen molar-refractivity contribution in [2.45, 2.75) is 26.4 Å². The molecule has 0 radical (unpaired) electrons. The lowest BCUT2D eigenvalue weighted by Gasteiger charge is -2.15. The number of amides is 1. The third-order valence-electron chi connectivity index (χ3n) is 4.48. The molecule has 6 heteroatoms. The quantitative estimate of drug-likeness (QED) is 0.620. The summed E-state index contributed by atoms with van der Waals surface area (Å²) >= 11 is 0. The number of benzene rings is 2. The van der Waals surface area contributed by atoms with Gasteiger partial charge in [0.05, 0.1) is 28.4 Å². The Labute approximate surface area is 145 Å². The average Bonchev–Trinajstić information content (AvgIpc) is 3.21. The fourth-order valence-corrected chi connectivity index (χ4v) is 3.12. The molecule has 4 rings (SSSR count). The summed E-state index contributed by atoms with van der Waals surface area (Å²) in [6.45, 7) is 4.64. The zero-order valence-corrected chi connectivity index (χ0v) is 14.2. The molecule has 2 aromatic heterocycles. The van der Waals surface area contributed by atoms with Crippen LogP contribution in [0, 0.1) is 0 Å². The second kappa shape index (κ2) is 6.05. The van der Waals surface area contributed by atoms with E-state index in [0.717, 1.165) is 28.6 Å². The van der Waals surface area contributed by atoms with E-state index >= 15 is 0 Å². The number of carbonyl (C=O) groups excluding carboxylic acids is 1. The van der Waals surface area contributed by atoms with Crippen molar-refractivity contribution in [3.8, 4) is 0 Å². The maximum absolute atomic E-state index is 12.8. The van der Waals surface area contributed by atoms with Gasteiger partial charge in [0.15, 0.2) is 0 Å². The maximum atomic E-state index is 12.8. The van der Waals surface area contributed by atoms with Crippen molar-refractivity contribution in [1.82, 2.24) is 19.1 Å². The Morgan fingerprint density at radius 1 is 1.08 bits per heavy atom. The van der Waals surface area contributed by atoms with Crippen LogP contribution in [0.1, 0.15) is 19.9 Å². The summed E-state index contributed by atoms with van der Waals surface area (Å²) < 4.78 is 3.88. The molecule has 0 unspecified atom stereocenters. The van der Waals surface area contributed by atoms with E-state index < -0.39 is 6.04 Å². The van der Waals surface area contributed by atoms with Gasteiger partial charge in [-0.25, -0.2) is 9.97 Å². The van der Waals surface area contributed by atoms with Crippen LogP contribution in [0.2, 0.25) is 0 Å². The van der Waals surface area contributed by atoms with Gasteiger partial charge in [-0.3, -0.25) is 10.1 Å². The van der Waals surface area contributed by atoms with Crippen LogP contribution in [0.15, 0.2) is 54.9 Å². The number of nitrogens with zero attached hydrogens (tertiary/aromatic N) is 4. The minimum absolute atomic E-state index is 0.117. The molecule has 1 N–H and O–H groups in total. The fourth-order valence-electron chi connectivity index (χ4n) is 3.12. The van der Waals surface area contributed by atoms with E-state index in [1.807, 2.05) is 71.5 Å². The summed E-state index contributed by atoms with van der Waals surface area (Å²) in [4.78, 5) is 21.7. The highest BCUT2D eigenvalue weighted by Gasteiger charge is 2.20. The number of aryl methyl sites for hydroxylation is 1. The van der Waals surface area contributed by atoms with E-state index in [0.29, 0.717) is 5.95 Å². The number of carbonyl (C=O) groups is 1. The molecule has 4 aromatic rings. The van der Waals surface area contributed by atoms with E-state index in [2.05, 4.69) is 15.3 Å². The van der Waals surface area contributed by atoms with Gasteiger partial charge in [0.2, 0.25) is 11.9 Å². The number of rotatable bonds is 4. The number of hydrogen-bond donors (Lipinski definition) is 1. The molecule has 0 spiro atoms. The summed E-state index contributed by atoms with van der Waals surface area (Å²) in [5.74, 6) is 0.457. The summed E-state index contributed by atoms with van der Waals surface area (Å²) in [6, 6.07) is 15.3. The first-order chi connectivity index (χ1) is 12.2. The minimum Gasteiger partial charge on any atom is -0.318 e. The minimum atomic E-state index is -0.391. The highest BCUT2D eigenvalue weighted by molar-refractivity contribution is 5.95. The average molecular weight is 333 g/mol. The van der Waals surface area contributed by atoms with Gasteiger partial charge in [-0.1, -0.05) is 24.3 Å². The first kappa shape index (κ1) is 15.4. The van der Waals surface area contributed by atoms with Crippen molar-refractivity contribution in [3.05, 3.63) is 54.9 Å². The lowest BCUT2D eigenvalue weighted by atomic mass is 10.2. The SMILES string of the molecule is CCn1c(NC(=O)[C@H](C)n2cnc3ccccc32)nc2ccccc21. The van der Waals surface area contributed by atoms with Gasteiger partial charge in [-0.2, -0.15) is 0 Å². The third-order valence-corrected chi connectivity index (χ3v) is 4.48. The summed E-state index contributed by atoms with van der Waals surface area (Å²) in [7, 11) is 0. The lowest BCUT2D eigenvalue weighted by Crippen LogP contribution is -2.25. The Kier molecular flexibility index (Phi) is 3.72. The predicted octanol–water partition coefficient (Wildman–Crippen LogP) is 3.61. The Hall–Kier alpha value is -3.15. The molecule has 25 heavy (non-hydrogen) atoms.